The van der Waals surface area contributed by atoms with Crippen LogP contribution in [0.4, 0.5) is 0 Å². The van der Waals surface area contributed by atoms with E-state index in [0.717, 1.165) is 0 Å². The van der Waals surface area contributed by atoms with Gasteiger partial charge in [0.25, 0.3) is 0 Å². The van der Waals surface area contributed by atoms with Crippen LogP contribution in [0.1, 0.15) is 69.2 Å². The van der Waals surface area contributed by atoms with Gasteiger partial charge in [-0.2, -0.15) is 0 Å². The zero-order valence-electron chi connectivity index (χ0n) is 15.3. The first-order chi connectivity index (χ1) is 8.93. The van der Waals surface area contributed by atoms with E-state index in [1.54, 1.807) is 0 Å². The van der Waals surface area contributed by atoms with Crippen molar-refractivity contribution in [3.8, 4) is 0 Å². The molecule has 0 heterocycles. The highest BCUT2D eigenvalue weighted by molar-refractivity contribution is 5.83. The molecular formula is C18H36O2. The number of hydrogen-bond donors (Lipinski definition) is 0. The standard InChI is InChI=1S/2C9H18O/c2*1-6(2)8(5)9(10)7(3)4/h2*6-8H,1-5H3/t2*8-/m10/s1. The Morgan fingerprint density at radius 2 is 0.700 bits per heavy atom. The van der Waals surface area contributed by atoms with Gasteiger partial charge in [0.15, 0.2) is 0 Å². The molecular weight excluding hydrogens is 248 g/mol. The normalized spacial score (nSPS) is 14.3. The Bertz CT molecular complexity index is 258. The van der Waals surface area contributed by atoms with Crippen molar-refractivity contribution in [3.63, 3.8) is 0 Å². The van der Waals surface area contributed by atoms with Gasteiger partial charge in [-0.3, -0.25) is 9.59 Å². The lowest BCUT2D eigenvalue weighted by atomic mass is 9.88. The number of rotatable bonds is 6. The summed E-state index contributed by atoms with van der Waals surface area (Å²) >= 11 is 0. The van der Waals surface area contributed by atoms with Crippen LogP contribution < -0.4 is 0 Å². The van der Waals surface area contributed by atoms with Crippen molar-refractivity contribution in [2.45, 2.75) is 69.2 Å². The molecule has 0 fully saturated rings. The van der Waals surface area contributed by atoms with Crippen molar-refractivity contribution in [1.29, 1.82) is 0 Å². The summed E-state index contributed by atoms with van der Waals surface area (Å²) in [5.41, 5.74) is 0. The SMILES string of the molecule is CC(C)C(=O)[C@@H](C)C(C)C.CC(C)C(=O)[C@H](C)C(C)C. The lowest BCUT2D eigenvalue weighted by Crippen LogP contribution is -2.21. The van der Waals surface area contributed by atoms with Gasteiger partial charge in [0.05, 0.1) is 0 Å². The summed E-state index contributed by atoms with van der Waals surface area (Å²) in [5.74, 6) is 2.56. The summed E-state index contributed by atoms with van der Waals surface area (Å²) in [5, 5.41) is 0. The molecule has 0 amide bonds. The maximum absolute atomic E-state index is 11.3. The van der Waals surface area contributed by atoms with Gasteiger partial charge in [-0.15, -0.1) is 0 Å². The van der Waals surface area contributed by atoms with E-state index in [-0.39, 0.29) is 23.7 Å². The molecule has 120 valence electrons. The Balaban J connectivity index is 0. The minimum absolute atomic E-state index is 0.192. The molecule has 0 aliphatic carbocycles. The average molecular weight is 284 g/mol. The molecule has 2 heteroatoms. The van der Waals surface area contributed by atoms with Crippen LogP contribution in [0.5, 0.6) is 0 Å². The van der Waals surface area contributed by atoms with Crippen molar-refractivity contribution in [1.82, 2.24) is 0 Å². The van der Waals surface area contributed by atoms with E-state index in [2.05, 4.69) is 27.7 Å². The maximum Gasteiger partial charge on any atom is 0.138 e. The molecule has 0 aromatic carbocycles. The van der Waals surface area contributed by atoms with E-state index in [1.165, 1.54) is 0 Å². The first kappa shape index (κ1) is 21.6. The second-order valence-corrected chi connectivity index (χ2v) is 7.18. The summed E-state index contributed by atoms with van der Waals surface area (Å²) in [6.07, 6.45) is 0. The van der Waals surface area contributed by atoms with Crippen LogP contribution in [0.3, 0.4) is 0 Å². The Hall–Kier alpha value is -0.660. The predicted molar refractivity (Wildman–Crippen MR) is 87.7 cm³/mol. The van der Waals surface area contributed by atoms with E-state index in [1.807, 2.05) is 41.5 Å². The minimum atomic E-state index is 0.192. The van der Waals surface area contributed by atoms with Crippen LogP contribution in [-0.4, -0.2) is 11.6 Å². The van der Waals surface area contributed by atoms with Crippen LogP contribution >= 0.6 is 0 Å². The van der Waals surface area contributed by atoms with Gasteiger partial charge in [-0.05, 0) is 11.8 Å². The lowest BCUT2D eigenvalue weighted by molar-refractivity contribution is -0.127. The third-order valence-electron chi connectivity index (χ3n) is 4.04. The fourth-order valence-corrected chi connectivity index (χ4v) is 1.71. The zero-order chi connectivity index (χ0) is 16.6. The number of hydrogen-bond acceptors (Lipinski definition) is 2. The van der Waals surface area contributed by atoms with Crippen molar-refractivity contribution in [2.24, 2.45) is 35.5 Å². The molecule has 2 nitrogen and oxygen atoms in total. The van der Waals surface area contributed by atoms with E-state index < -0.39 is 0 Å². The van der Waals surface area contributed by atoms with E-state index in [0.29, 0.717) is 23.4 Å². The highest BCUT2D eigenvalue weighted by Gasteiger charge is 2.19. The fraction of sp³-hybridized carbons (Fsp3) is 0.889. The summed E-state index contributed by atoms with van der Waals surface area (Å²) < 4.78 is 0. The first-order valence-electron chi connectivity index (χ1n) is 8.00. The van der Waals surface area contributed by atoms with Crippen LogP contribution in [0.25, 0.3) is 0 Å². The van der Waals surface area contributed by atoms with E-state index in [9.17, 15) is 9.59 Å². The van der Waals surface area contributed by atoms with Gasteiger partial charge in [0.1, 0.15) is 11.6 Å². The molecule has 0 saturated carbocycles. The van der Waals surface area contributed by atoms with Gasteiger partial charge in [-0.25, -0.2) is 0 Å². The highest BCUT2D eigenvalue weighted by Crippen LogP contribution is 2.15. The summed E-state index contributed by atoms with van der Waals surface area (Å²) in [6, 6.07) is 0. The second-order valence-electron chi connectivity index (χ2n) is 7.18. The molecule has 0 N–H and O–H groups in total. The predicted octanol–water partition coefficient (Wildman–Crippen LogP) is 5.01. The van der Waals surface area contributed by atoms with E-state index in [4.69, 9.17) is 0 Å². The molecule has 0 spiro atoms. The Kier molecular flexibility index (Phi) is 11.0. The third kappa shape index (κ3) is 8.50. The number of carbonyl (C=O) groups is 2. The highest BCUT2D eigenvalue weighted by atomic mass is 16.1. The maximum atomic E-state index is 11.3. The van der Waals surface area contributed by atoms with Crippen LogP contribution in [0, 0.1) is 35.5 Å². The van der Waals surface area contributed by atoms with Crippen molar-refractivity contribution < 1.29 is 9.59 Å². The summed E-state index contributed by atoms with van der Waals surface area (Å²) in [6.45, 7) is 20.2. The Morgan fingerprint density at radius 1 is 0.500 bits per heavy atom. The molecule has 0 unspecified atom stereocenters. The molecule has 0 aromatic heterocycles. The first-order valence-corrected chi connectivity index (χ1v) is 8.00. The summed E-state index contributed by atoms with van der Waals surface area (Å²) in [7, 11) is 0. The van der Waals surface area contributed by atoms with Gasteiger partial charge < -0.3 is 0 Å². The van der Waals surface area contributed by atoms with Gasteiger partial charge >= 0.3 is 0 Å². The molecule has 20 heavy (non-hydrogen) atoms. The minimum Gasteiger partial charge on any atom is -0.299 e. The number of ketones is 2. The molecule has 0 radical (unpaired) electrons. The molecule has 0 rings (SSSR count). The van der Waals surface area contributed by atoms with Crippen molar-refractivity contribution in [2.75, 3.05) is 0 Å². The van der Waals surface area contributed by atoms with Crippen molar-refractivity contribution in [3.05, 3.63) is 0 Å². The Morgan fingerprint density at radius 3 is 0.750 bits per heavy atom. The van der Waals surface area contributed by atoms with Crippen LogP contribution in [0.2, 0.25) is 0 Å². The molecule has 2 atom stereocenters. The topological polar surface area (TPSA) is 34.1 Å². The molecule has 0 aliphatic rings. The Labute approximate surface area is 126 Å². The van der Waals surface area contributed by atoms with Gasteiger partial charge in [-0.1, -0.05) is 69.2 Å². The van der Waals surface area contributed by atoms with Crippen LogP contribution in [0.15, 0.2) is 0 Å². The van der Waals surface area contributed by atoms with Gasteiger partial charge in [0, 0.05) is 23.7 Å². The smallest absolute Gasteiger partial charge is 0.138 e. The molecule has 0 saturated heterocycles. The third-order valence-corrected chi connectivity index (χ3v) is 4.04. The quantitative estimate of drug-likeness (QED) is 0.687. The molecule has 0 bridgehead atoms. The summed E-state index contributed by atoms with van der Waals surface area (Å²) in [4.78, 5) is 22.6. The fourth-order valence-electron chi connectivity index (χ4n) is 1.71. The van der Waals surface area contributed by atoms with Crippen molar-refractivity contribution >= 4 is 11.6 Å². The zero-order valence-corrected chi connectivity index (χ0v) is 15.3. The average Bonchev–Trinajstić information content (AvgIpc) is 2.35. The number of carbonyl (C=O) groups excluding carboxylic acids is 2. The monoisotopic (exact) mass is 284 g/mol. The van der Waals surface area contributed by atoms with E-state index >= 15 is 0 Å². The van der Waals surface area contributed by atoms with Gasteiger partial charge in [0.2, 0.25) is 0 Å². The molecule has 0 aliphatic heterocycles. The second kappa shape index (κ2) is 10.1. The van der Waals surface area contributed by atoms with Crippen LogP contribution in [-0.2, 0) is 9.59 Å². The molecule has 0 aromatic rings. The largest absolute Gasteiger partial charge is 0.299 e. The lowest BCUT2D eigenvalue weighted by Gasteiger charge is -2.15. The number of Topliss-reactive ketones (excluding diaryl/α,β-unsaturated/α-hetero) is 2.